The summed E-state index contributed by atoms with van der Waals surface area (Å²) >= 11 is 0. The second kappa shape index (κ2) is 7.26. The van der Waals surface area contributed by atoms with E-state index in [1.807, 2.05) is 39.0 Å². The third-order valence-corrected chi connectivity index (χ3v) is 4.87. The highest BCUT2D eigenvalue weighted by atomic mass is 16.5. The highest BCUT2D eigenvalue weighted by Gasteiger charge is 2.39. The lowest BCUT2D eigenvalue weighted by Crippen LogP contribution is -2.53. The molecule has 1 aromatic heterocycles. The topological polar surface area (TPSA) is 97.6 Å². The van der Waals surface area contributed by atoms with Gasteiger partial charge in [-0.1, -0.05) is 19.1 Å². The molecule has 2 unspecified atom stereocenters. The minimum Gasteiger partial charge on any atom is -0.477 e. The smallest absolute Gasteiger partial charge is 0.270 e. The van der Waals surface area contributed by atoms with Gasteiger partial charge in [0.15, 0.2) is 17.7 Å². The molecule has 142 valence electrons. The Hall–Kier alpha value is -3.09. The minimum absolute atomic E-state index is 0.257. The number of carbonyl (C=O) groups excluding carboxylic acids is 2. The molecular formula is C20H24N4O3. The van der Waals surface area contributed by atoms with Crippen LogP contribution in [0.15, 0.2) is 30.3 Å². The number of anilines is 3. The fraction of sp³-hybridized carbons (Fsp3) is 0.350. The number of ether oxygens (including phenoxy) is 1. The molecule has 27 heavy (non-hydrogen) atoms. The van der Waals surface area contributed by atoms with Crippen molar-refractivity contribution in [2.24, 2.45) is 0 Å². The van der Waals surface area contributed by atoms with E-state index in [0.717, 1.165) is 16.8 Å². The first-order valence-corrected chi connectivity index (χ1v) is 8.96. The summed E-state index contributed by atoms with van der Waals surface area (Å²) in [7, 11) is 0. The number of nitrogens with one attached hydrogen (secondary N) is 1. The monoisotopic (exact) mass is 368 g/mol. The average molecular weight is 368 g/mol. The molecule has 0 saturated carbocycles. The van der Waals surface area contributed by atoms with Gasteiger partial charge in [0, 0.05) is 5.69 Å². The van der Waals surface area contributed by atoms with E-state index in [1.165, 1.54) is 4.90 Å². The predicted octanol–water partition coefficient (Wildman–Crippen LogP) is 2.81. The normalized spacial score (nSPS) is 17.1. The summed E-state index contributed by atoms with van der Waals surface area (Å²) < 4.78 is 5.72. The molecule has 0 fully saturated rings. The minimum atomic E-state index is -0.775. The van der Waals surface area contributed by atoms with E-state index in [9.17, 15) is 9.59 Å². The molecule has 0 spiro atoms. The molecule has 0 aliphatic carbocycles. The Kier molecular flexibility index (Phi) is 5.03. The standard InChI is InChI=1S/C20H24N4O3/c1-5-15-20(26)24(18-16(27-15)9-10-17(21)23-18)13(4)19(25)22-14-8-6-7-11(2)12(14)3/h6-10,13,15H,5H2,1-4H3,(H2,21,23)(H,22,25). The van der Waals surface area contributed by atoms with E-state index in [4.69, 9.17) is 10.5 Å². The van der Waals surface area contributed by atoms with Crippen LogP contribution in [0, 0.1) is 13.8 Å². The van der Waals surface area contributed by atoms with Gasteiger partial charge in [0.25, 0.3) is 5.91 Å². The van der Waals surface area contributed by atoms with Crippen LogP contribution in [0.1, 0.15) is 31.4 Å². The zero-order valence-electron chi connectivity index (χ0n) is 15.9. The fourth-order valence-electron chi connectivity index (χ4n) is 3.05. The van der Waals surface area contributed by atoms with Crippen molar-refractivity contribution >= 4 is 29.1 Å². The third kappa shape index (κ3) is 3.45. The van der Waals surface area contributed by atoms with Crippen molar-refractivity contribution in [2.45, 2.75) is 46.3 Å². The molecule has 0 radical (unpaired) electrons. The van der Waals surface area contributed by atoms with E-state index >= 15 is 0 Å². The number of hydrogen-bond acceptors (Lipinski definition) is 5. The maximum Gasteiger partial charge on any atom is 0.270 e. The Morgan fingerprint density at radius 3 is 2.78 bits per heavy atom. The molecule has 3 rings (SSSR count). The summed E-state index contributed by atoms with van der Waals surface area (Å²) in [6.45, 7) is 7.46. The van der Waals surface area contributed by atoms with Crippen LogP contribution in [-0.2, 0) is 9.59 Å². The maximum absolute atomic E-state index is 12.9. The number of nitrogens with zero attached hydrogens (tertiary/aromatic N) is 2. The molecule has 2 atom stereocenters. The Labute approximate surface area is 158 Å². The second-order valence-corrected chi connectivity index (χ2v) is 6.69. The largest absolute Gasteiger partial charge is 0.477 e. The Balaban J connectivity index is 1.93. The number of nitrogens with two attached hydrogens (primary N) is 1. The highest BCUT2D eigenvalue weighted by Crippen LogP contribution is 2.35. The number of nitrogen functional groups attached to an aromatic ring is 1. The van der Waals surface area contributed by atoms with Gasteiger partial charge in [-0.3, -0.25) is 14.5 Å². The van der Waals surface area contributed by atoms with Crippen LogP contribution in [0.25, 0.3) is 0 Å². The zero-order chi connectivity index (χ0) is 19.7. The molecular weight excluding hydrogens is 344 g/mol. The Bertz CT molecular complexity index is 897. The molecule has 0 saturated heterocycles. The first-order chi connectivity index (χ1) is 12.8. The molecule has 0 bridgehead atoms. The number of pyridine rings is 1. The van der Waals surface area contributed by atoms with Crippen LogP contribution >= 0.6 is 0 Å². The highest BCUT2D eigenvalue weighted by molar-refractivity contribution is 6.07. The van der Waals surface area contributed by atoms with E-state index in [2.05, 4.69) is 10.3 Å². The number of rotatable bonds is 4. The van der Waals surface area contributed by atoms with Gasteiger partial charge in [0.2, 0.25) is 5.91 Å². The average Bonchev–Trinajstić information content (AvgIpc) is 2.64. The number of amides is 2. The summed E-state index contributed by atoms with van der Waals surface area (Å²) in [6.07, 6.45) is -0.163. The van der Waals surface area contributed by atoms with E-state index < -0.39 is 12.1 Å². The molecule has 1 aliphatic heterocycles. The Morgan fingerprint density at radius 1 is 1.33 bits per heavy atom. The van der Waals surface area contributed by atoms with Gasteiger partial charge in [-0.2, -0.15) is 0 Å². The van der Waals surface area contributed by atoms with Gasteiger partial charge in [-0.05, 0) is 56.5 Å². The molecule has 1 aliphatic rings. The molecule has 7 nitrogen and oxygen atoms in total. The second-order valence-electron chi connectivity index (χ2n) is 6.69. The van der Waals surface area contributed by atoms with Crippen LogP contribution < -0.4 is 20.7 Å². The van der Waals surface area contributed by atoms with E-state index in [1.54, 1.807) is 19.1 Å². The molecule has 2 heterocycles. The van der Waals surface area contributed by atoms with Crippen LogP contribution in [0.4, 0.5) is 17.3 Å². The first kappa shape index (κ1) is 18.7. The van der Waals surface area contributed by atoms with Gasteiger partial charge >= 0.3 is 0 Å². The number of carbonyl (C=O) groups is 2. The van der Waals surface area contributed by atoms with Crippen molar-refractivity contribution in [2.75, 3.05) is 16.0 Å². The number of benzene rings is 1. The number of aromatic nitrogens is 1. The van der Waals surface area contributed by atoms with Crippen molar-refractivity contribution in [3.05, 3.63) is 41.5 Å². The maximum atomic E-state index is 12.9. The summed E-state index contributed by atoms with van der Waals surface area (Å²) in [4.78, 5) is 31.4. The van der Waals surface area contributed by atoms with E-state index in [-0.39, 0.29) is 23.5 Å². The lowest BCUT2D eigenvalue weighted by Gasteiger charge is -2.36. The van der Waals surface area contributed by atoms with Gasteiger partial charge < -0.3 is 15.8 Å². The van der Waals surface area contributed by atoms with Crippen molar-refractivity contribution in [3.63, 3.8) is 0 Å². The summed E-state index contributed by atoms with van der Waals surface area (Å²) in [6, 6.07) is 8.22. The van der Waals surface area contributed by atoms with Crippen molar-refractivity contribution in [1.29, 1.82) is 0 Å². The molecule has 3 N–H and O–H groups in total. The van der Waals surface area contributed by atoms with Crippen molar-refractivity contribution in [3.8, 4) is 5.75 Å². The predicted molar refractivity (Wildman–Crippen MR) is 105 cm³/mol. The van der Waals surface area contributed by atoms with Crippen molar-refractivity contribution < 1.29 is 14.3 Å². The molecule has 1 aromatic carbocycles. The van der Waals surface area contributed by atoms with Gasteiger partial charge in [0.1, 0.15) is 11.9 Å². The summed E-state index contributed by atoms with van der Waals surface area (Å²) in [5, 5.41) is 2.91. The number of fused-ring (bicyclic) bond motifs is 1. The van der Waals surface area contributed by atoms with Gasteiger partial charge in [-0.25, -0.2) is 4.98 Å². The SMILES string of the molecule is CCC1Oc2ccc(N)nc2N(C(C)C(=O)Nc2cccc(C)c2C)C1=O. The van der Waals surface area contributed by atoms with Crippen molar-refractivity contribution in [1.82, 2.24) is 4.98 Å². The first-order valence-electron chi connectivity index (χ1n) is 8.96. The fourth-order valence-corrected chi connectivity index (χ4v) is 3.05. The van der Waals surface area contributed by atoms with Gasteiger partial charge in [-0.15, -0.1) is 0 Å². The van der Waals surface area contributed by atoms with E-state index in [0.29, 0.717) is 12.2 Å². The van der Waals surface area contributed by atoms with Crippen LogP contribution in [-0.4, -0.2) is 28.9 Å². The lowest BCUT2D eigenvalue weighted by molar-refractivity contribution is -0.129. The molecule has 2 amide bonds. The summed E-state index contributed by atoms with van der Waals surface area (Å²) in [5.41, 5.74) is 8.57. The number of aryl methyl sites for hydroxylation is 1. The lowest BCUT2D eigenvalue weighted by atomic mass is 10.1. The van der Waals surface area contributed by atoms with Crippen LogP contribution in [0.3, 0.4) is 0 Å². The van der Waals surface area contributed by atoms with Crippen LogP contribution in [0.5, 0.6) is 5.75 Å². The van der Waals surface area contributed by atoms with Crippen LogP contribution in [0.2, 0.25) is 0 Å². The zero-order valence-corrected chi connectivity index (χ0v) is 15.9. The third-order valence-electron chi connectivity index (χ3n) is 4.87. The molecule has 7 heteroatoms. The Morgan fingerprint density at radius 2 is 2.07 bits per heavy atom. The summed E-state index contributed by atoms with van der Waals surface area (Å²) in [5.74, 6) is 0.373. The number of hydrogen-bond donors (Lipinski definition) is 2. The molecule has 2 aromatic rings. The quantitative estimate of drug-likeness (QED) is 0.865. The van der Waals surface area contributed by atoms with Gasteiger partial charge in [0.05, 0.1) is 0 Å².